The topological polar surface area (TPSA) is 179 Å². The summed E-state index contributed by atoms with van der Waals surface area (Å²) in [7, 11) is -0.122. The molecule has 5 atom stereocenters. The summed E-state index contributed by atoms with van der Waals surface area (Å²) in [6.45, 7) is 27.6. The SMILES string of the molecule is CS(=S)C(C)(C)CCC(=O)O.C[C@H](CC(=O)[C@H](C)NC(=O)CCC(C)(C)C)C(=O)OC(C)(C)C.C[C@H](N)C(=O)C[C@@H](C)C(=O)OC(C)(C)C. The molecule has 0 aromatic carbocycles. The Kier molecular flexibility index (Phi) is 23.5. The standard InChI is InChI=1S/C18H33NO4.C11H21NO3.C7H14O2S2/c1-12(16(22)23-18(6,7)8)11-14(20)13(2)19-15(21)9-10-17(3,4)5;1-7(6-9(13)8(2)12)10(14)15-11(3,4)5;1-7(2,11(3)10)5-4-6(8)9/h12-13H,9-11H2,1-8H3,(H,19,21);7-8H,6,12H2,1-5H3;4-5H2,1-3H3,(H,8,9)/t12-,13+;7-,8+;/m11./s1. The summed E-state index contributed by atoms with van der Waals surface area (Å²) in [4.78, 5) is 68.9. The largest absolute Gasteiger partial charge is 0.481 e. The number of nitrogens with one attached hydrogen (secondary N) is 1. The molecular weight excluding hydrogens is 669 g/mol. The Morgan fingerprint density at radius 1 is 0.714 bits per heavy atom. The molecule has 0 saturated heterocycles. The number of carboxylic acids is 1. The fraction of sp³-hybridized carbons (Fsp3) is 0.833. The molecule has 0 heterocycles. The number of carbonyl (C=O) groups is 6. The van der Waals surface area contributed by atoms with E-state index >= 15 is 0 Å². The molecule has 0 aliphatic rings. The number of amides is 1. The van der Waals surface area contributed by atoms with E-state index in [0.29, 0.717) is 12.8 Å². The van der Waals surface area contributed by atoms with Gasteiger partial charge in [0.1, 0.15) is 17.0 Å². The van der Waals surface area contributed by atoms with E-state index in [4.69, 9.17) is 31.5 Å². The van der Waals surface area contributed by atoms with Crippen LogP contribution in [0.5, 0.6) is 0 Å². The number of hydrogen-bond donors (Lipinski definition) is 3. The molecule has 0 aromatic rings. The number of esters is 2. The van der Waals surface area contributed by atoms with Gasteiger partial charge in [0, 0.05) is 30.4 Å². The summed E-state index contributed by atoms with van der Waals surface area (Å²) < 4.78 is 10.4. The Bertz CT molecular complexity index is 1120. The minimum absolute atomic E-state index is 0.00623. The van der Waals surface area contributed by atoms with Gasteiger partial charge in [-0.2, -0.15) is 0 Å². The lowest BCUT2D eigenvalue weighted by atomic mass is 9.90. The highest BCUT2D eigenvalue weighted by molar-refractivity contribution is 8.29. The lowest BCUT2D eigenvalue weighted by Crippen LogP contribution is -2.40. The third kappa shape index (κ3) is 30.3. The zero-order chi connectivity index (χ0) is 39.7. The molecule has 0 radical (unpaired) electrons. The molecule has 0 aliphatic carbocycles. The van der Waals surface area contributed by atoms with Crippen LogP contribution in [-0.2, 0) is 58.9 Å². The van der Waals surface area contributed by atoms with Crippen molar-refractivity contribution in [1.82, 2.24) is 5.32 Å². The molecule has 4 N–H and O–H groups in total. The zero-order valence-corrected chi connectivity index (χ0v) is 34.8. The van der Waals surface area contributed by atoms with Crippen LogP contribution in [0.2, 0.25) is 0 Å². The molecule has 288 valence electrons. The van der Waals surface area contributed by atoms with Gasteiger partial charge in [0.05, 0.1) is 23.9 Å². The number of ether oxygens (including phenoxy) is 2. The van der Waals surface area contributed by atoms with Crippen LogP contribution in [-0.4, -0.2) is 74.8 Å². The molecule has 0 aliphatic heterocycles. The number of aliphatic carboxylic acids is 1. The lowest BCUT2D eigenvalue weighted by Gasteiger charge is -2.23. The van der Waals surface area contributed by atoms with Crippen molar-refractivity contribution in [3.63, 3.8) is 0 Å². The smallest absolute Gasteiger partial charge is 0.309 e. The van der Waals surface area contributed by atoms with E-state index in [0.717, 1.165) is 6.42 Å². The third-order valence-corrected chi connectivity index (χ3v) is 9.94. The van der Waals surface area contributed by atoms with Crippen LogP contribution in [0.3, 0.4) is 0 Å². The van der Waals surface area contributed by atoms with Gasteiger partial charge in [-0.05, 0) is 79.9 Å². The maximum absolute atomic E-state index is 12.1. The third-order valence-electron chi connectivity index (χ3n) is 6.82. The highest BCUT2D eigenvalue weighted by Gasteiger charge is 2.27. The van der Waals surface area contributed by atoms with Crippen molar-refractivity contribution in [2.45, 2.75) is 170 Å². The number of carbonyl (C=O) groups excluding carboxylic acids is 5. The Labute approximate surface area is 303 Å². The maximum atomic E-state index is 12.1. The fourth-order valence-corrected chi connectivity index (χ4v) is 4.01. The quantitative estimate of drug-likeness (QED) is 0.171. The summed E-state index contributed by atoms with van der Waals surface area (Å²) in [6, 6.07) is -1.11. The van der Waals surface area contributed by atoms with Crippen molar-refractivity contribution in [2.24, 2.45) is 23.0 Å². The number of ketones is 2. The fourth-order valence-electron chi connectivity index (χ4n) is 3.37. The summed E-state index contributed by atoms with van der Waals surface area (Å²) in [5.41, 5.74) is 4.41. The van der Waals surface area contributed by atoms with Gasteiger partial charge in [-0.15, -0.1) is 9.45 Å². The molecule has 0 spiro atoms. The van der Waals surface area contributed by atoms with Crippen molar-refractivity contribution in [2.75, 3.05) is 6.26 Å². The van der Waals surface area contributed by atoms with E-state index in [1.807, 2.05) is 20.1 Å². The highest BCUT2D eigenvalue weighted by atomic mass is 32.8. The normalized spacial score (nSPS) is 15.0. The maximum Gasteiger partial charge on any atom is 0.309 e. The summed E-state index contributed by atoms with van der Waals surface area (Å²) in [5.74, 6) is -2.84. The second-order valence-electron chi connectivity index (χ2n) is 16.5. The van der Waals surface area contributed by atoms with Crippen molar-refractivity contribution in [3.05, 3.63) is 0 Å². The lowest BCUT2D eigenvalue weighted by molar-refractivity contribution is -0.161. The number of Topliss-reactive ketones (excluding diaryl/α,β-unsaturated/α-hetero) is 2. The van der Waals surface area contributed by atoms with Gasteiger partial charge >= 0.3 is 17.9 Å². The van der Waals surface area contributed by atoms with Crippen LogP contribution < -0.4 is 11.1 Å². The van der Waals surface area contributed by atoms with Gasteiger partial charge in [0.2, 0.25) is 5.91 Å². The Balaban J connectivity index is -0.000000700. The van der Waals surface area contributed by atoms with E-state index in [2.05, 4.69) is 26.1 Å². The second-order valence-corrected chi connectivity index (χ2v) is 20.0. The monoisotopic (exact) mass is 736 g/mol. The zero-order valence-electron chi connectivity index (χ0n) is 33.2. The second kappa shape index (κ2) is 22.5. The van der Waals surface area contributed by atoms with Crippen LogP contribution in [0.25, 0.3) is 0 Å². The predicted octanol–water partition coefficient (Wildman–Crippen LogP) is 5.86. The molecule has 0 bridgehead atoms. The predicted molar refractivity (Wildman–Crippen MR) is 201 cm³/mol. The van der Waals surface area contributed by atoms with Crippen molar-refractivity contribution < 1.29 is 43.3 Å². The number of nitrogens with two attached hydrogens (primary N) is 1. The minimum atomic E-state index is -0.737. The van der Waals surface area contributed by atoms with Gasteiger partial charge in [0.25, 0.3) is 0 Å². The Morgan fingerprint density at radius 3 is 1.41 bits per heavy atom. The van der Waals surface area contributed by atoms with Gasteiger partial charge < -0.3 is 25.6 Å². The van der Waals surface area contributed by atoms with E-state index in [-0.39, 0.29) is 62.3 Å². The molecule has 0 saturated carbocycles. The molecule has 0 rings (SSSR count). The van der Waals surface area contributed by atoms with Crippen molar-refractivity contribution in [1.29, 1.82) is 0 Å². The Hall–Kier alpha value is -2.25. The first-order chi connectivity index (χ1) is 21.7. The van der Waals surface area contributed by atoms with Crippen LogP contribution in [0.1, 0.15) is 142 Å². The summed E-state index contributed by atoms with van der Waals surface area (Å²) in [5, 5.41) is 11.1. The van der Waals surface area contributed by atoms with Crippen LogP contribution >= 0.6 is 0 Å². The number of hydrogen-bond acceptors (Lipinski definition) is 10. The van der Waals surface area contributed by atoms with Gasteiger partial charge in [-0.25, -0.2) is 0 Å². The van der Waals surface area contributed by atoms with Crippen LogP contribution in [0, 0.1) is 17.3 Å². The van der Waals surface area contributed by atoms with Crippen molar-refractivity contribution in [3.8, 4) is 0 Å². The van der Waals surface area contributed by atoms with Gasteiger partial charge in [-0.1, -0.05) is 59.7 Å². The Morgan fingerprint density at radius 2 is 1.10 bits per heavy atom. The van der Waals surface area contributed by atoms with Crippen molar-refractivity contribution >= 4 is 56.0 Å². The number of carboxylic acid groups (broad SMARTS) is 1. The average Bonchev–Trinajstić information content (AvgIpc) is 2.88. The molecule has 49 heavy (non-hydrogen) atoms. The van der Waals surface area contributed by atoms with Gasteiger partial charge in [0.15, 0.2) is 5.78 Å². The van der Waals surface area contributed by atoms with Gasteiger partial charge in [-0.3, -0.25) is 28.8 Å². The first-order valence-electron chi connectivity index (χ1n) is 16.8. The molecule has 1 unspecified atom stereocenters. The summed E-state index contributed by atoms with van der Waals surface area (Å²) in [6.07, 6.45) is 4.22. The van der Waals surface area contributed by atoms with E-state index in [1.165, 1.54) is 0 Å². The summed E-state index contributed by atoms with van der Waals surface area (Å²) >= 11 is 5.10. The molecule has 13 heteroatoms. The number of rotatable bonds is 15. The first kappa shape index (κ1) is 51.1. The first-order valence-corrected chi connectivity index (χ1v) is 19.4. The highest BCUT2D eigenvalue weighted by Crippen LogP contribution is 2.21. The van der Waals surface area contributed by atoms with Crippen LogP contribution in [0.4, 0.5) is 0 Å². The molecule has 0 fully saturated rings. The average molecular weight is 737 g/mol. The van der Waals surface area contributed by atoms with E-state index in [1.54, 1.807) is 69.2 Å². The molecule has 11 nitrogen and oxygen atoms in total. The van der Waals surface area contributed by atoms with E-state index < -0.39 is 47.1 Å². The van der Waals surface area contributed by atoms with Crippen LogP contribution in [0.15, 0.2) is 0 Å². The molecule has 1 amide bonds. The molecular formula is C36H68N2O9S2. The van der Waals surface area contributed by atoms with E-state index in [9.17, 15) is 28.8 Å². The molecule has 0 aromatic heterocycles. The minimum Gasteiger partial charge on any atom is -0.481 e.